The number of hydrogen-bond donors (Lipinski definition) is 0. The van der Waals surface area contributed by atoms with Crippen LogP contribution in [0.4, 0.5) is 0 Å². The lowest BCUT2D eigenvalue weighted by Gasteiger charge is -2.40. The van der Waals surface area contributed by atoms with Gasteiger partial charge >= 0.3 is 10.1 Å². The van der Waals surface area contributed by atoms with E-state index in [4.69, 9.17) is 3.63 Å². The highest BCUT2D eigenvalue weighted by molar-refractivity contribution is 8.33. The third kappa shape index (κ3) is 6.63. The summed E-state index contributed by atoms with van der Waals surface area (Å²) in [5.41, 5.74) is 3.33. The van der Waals surface area contributed by atoms with E-state index in [-0.39, 0.29) is 21.1 Å². The molecule has 0 N–H and O–H groups in total. The molecule has 0 fully saturated rings. The van der Waals surface area contributed by atoms with Crippen LogP contribution in [0.15, 0.2) is 135 Å². The Labute approximate surface area is 272 Å². The van der Waals surface area contributed by atoms with Crippen molar-refractivity contribution in [3.63, 3.8) is 0 Å². The van der Waals surface area contributed by atoms with Gasteiger partial charge in [-0.25, -0.2) is 3.63 Å². The van der Waals surface area contributed by atoms with Crippen LogP contribution in [0.25, 0.3) is 10.8 Å². The van der Waals surface area contributed by atoms with Gasteiger partial charge in [0.25, 0.3) is 0 Å². The Morgan fingerprint density at radius 3 is 1.18 bits per heavy atom. The van der Waals surface area contributed by atoms with E-state index < -0.39 is 20.4 Å². The fraction of sp³-hybridized carbons (Fsp3) is 0.300. The van der Waals surface area contributed by atoms with E-state index in [2.05, 4.69) is 135 Å². The molecule has 0 aliphatic heterocycles. The summed E-state index contributed by atoms with van der Waals surface area (Å²) in [4.78, 5) is 2.64. The molecule has 0 heterocycles. The van der Waals surface area contributed by atoms with Gasteiger partial charge in [-0.1, -0.05) is 135 Å². The summed E-state index contributed by atoms with van der Waals surface area (Å²) in [5, 5.41) is 1.49. The van der Waals surface area contributed by atoms with Gasteiger partial charge in [0.05, 0.1) is 0 Å². The van der Waals surface area contributed by atoms with E-state index in [1.165, 1.54) is 16.7 Å². The van der Waals surface area contributed by atoms with Crippen molar-refractivity contribution < 1.29 is 12.0 Å². The van der Waals surface area contributed by atoms with E-state index in [0.717, 1.165) is 20.1 Å². The quantitative estimate of drug-likeness (QED) is 0.186. The van der Waals surface area contributed by atoms with E-state index in [1.54, 1.807) is 12.1 Å². The maximum atomic E-state index is 14.7. The average Bonchev–Trinajstić information content (AvgIpc) is 2.98. The van der Waals surface area contributed by atoms with E-state index in [0.29, 0.717) is 5.39 Å². The Morgan fingerprint density at radius 1 is 0.444 bits per heavy atom. The van der Waals surface area contributed by atoms with Crippen molar-refractivity contribution in [2.24, 2.45) is 0 Å². The Bertz CT molecular complexity index is 1760. The standard InChI is InChI=1S/C40H46O3S2/c1-38(2,3)30-17-23-33(24-18-30)44(34-25-19-31(20-26-34)39(4,5)6,35-27-21-32(22-28-35)40(7,8)9)43-45(41,42)37-16-12-14-29-13-10-11-15-36(29)37/h10-28H,1-9H3. The molecule has 3 nitrogen and oxygen atoms in total. The monoisotopic (exact) mass is 638 g/mol. The zero-order chi connectivity index (χ0) is 32.8. The molecule has 5 rings (SSSR count). The molecule has 5 aromatic rings. The first-order chi connectivity index (χ1) is 20.9. The van der Waals surface area contributed by atoms with Crippen LogP contribution in [0.3, 0.4) is 0 Å². The second-order valence-electron chi connectivity index (χ2n) is 14.9. The van der Waals surface area contributed by atoms with E-state index in [9.17, 15) is 8.42 Å². The largest absolute Gasteiger partial charge is 0.307 e. The highest BCUT2D eigenvalue weighted by atomic mass is 32.3. The van der Waals surface area contributed by atoms with Crippen molar-refractivity contribution in [3.8, 4) is 0 Å². The summed E-state index contributed by atoms with van der Waals surface area (Å²) >= 11 is 0. The summed E-state index contributed by atoms with van der Waals surface area (Å²) in [7, 11) is -7.05. The van der Waals surface area contributed by atoms with Crippen LogP contribution < -0.4 is 0 Å². The topological polar surface area (TPSA) is 43.4 Å². The van der Waals surface area contributed by atoms with Crippen molar-refractivity contribution in [2.45, 2.75) is 98.1 Å². The first-order valence-corrected chi connectivity index (χ1v) is 18.5. The number of rotatable bonds is 6. The summed E-state index contributed by atoms with van der Waals surface area (Å²) in [6.45, 7) is 19.6. The zero-order valence-corrected chi connectivity index (χ0v) is 29.6. The van der Waals surface area contributed by atoms with Crippen LogP contribution >= 0.6 is 10.3 Å². The van der Waals surface area contributed by atoms with Gasteiger partial charge in [0, 0.05) is 20.1 Å². The lowest BCUT2D eigenvalue weighted by molar-refractivity contribution is 0.509. The maximum Gasteiger partial charge on any atom is 0.307 e. The molecule has 0 radical (unpaired) electrons. The van der Waals surface area contributed by atoms with Crippen LogP contribution in [-0.4, -0.2) is 8.42 Å². The highest BCUT2D eigenvalue weighted by Gasteiger charge is 2.39. The van der Waals surface area contributed by atoms with E-state index >= 15 is 0 Å². The molecule has 0 aromatic heterocycles. The lowest BCUT2D eigenvalue weighted by atomic mass is 9.87. The first kappa shape index (κ1) is 33.0. The van der Waals surface area contributed by atoms with Gasteiger partial charge in [-0.3, -0.25) is 0 Å². The third-order valence-corrected chi connectivity index (χ3v) is 13.6. The van der Waals surface area contributed by atoms with Gasteiger partial charge in [-0.15, -0.1) is 0 Å². The molecule has 0 saturated carbocycles. The second-order valence-corrected chi connectivity index (χ2v) is 19.3. The normalized spacial score (nSPS) is 13.6. The van der Waals surface area contributed by atoms with E-state index in [1.807, 2.05) is 30.3 Å². The Hall–Kier alpha value is -3.38. The molecular formula is C40H46O3S2. The Kier molecular flexibility index (Phi) is 8.63. The van der Waals surface area contributed by atoms with Crippen molar-refractivity contribution in [2.75, 3.05) is 0 Å². The van der Waals surface area contributed by atoms with Crippen molar-refractivity contribution >= 4 is 31.2 Å². The van der Waals surface area contributed by atoms with Crippen LogP contribution in [0.1, 0.15) is 79.0 Å². The minimum Gasteiger partial charge on any atom is -0.203 e. The molecule has 236 valence electrons. The molecule has 0 bridgehead atoms. The third-order valence-electron chi connectivity index (χ3n) is 8.37. The summed E-state index contributed by atoms with van der Waals surface area (Å²) in [5.74, 6) is 0. The molecule has 0 unspecified atom stereocenters. The molecule has 0 aliphatic rings. The molecule has 0 amide bonds. The predicted molar refractivity (Wildman–Crippen MR) is 190 cm³/mol. The summed E-state index contributed by atoms with van der Waals surface area (Å²) in [6, 6.07) is 37.9. The van der Waals surface area contributed by atoms with Gasteiger partial charge in [-0.05, 0) is 91.1 Å². The minimum absolute atomic E-state index is 0.0604. The minimum atomic E-state index is -4.27. The van der Waals surface area contributed by atoms with Gasteiger partial charge in [0.15, 0.2) is 0 Å². The van der Waals surface area contributed by atoms with Gasteiger partial charge in [0.1, 0.15) is 4.90 Å². The number of hydrogen-bond acceptors (Lipinski definition) is 3. The molecular weight excluding hydrogens is 593 g/mol. The molecule has 5 heteroatoms. The average molecular weight is 639 g/mol. The zero-order valence-electron chi connectivity index (χ0n) is 28.0. The van der Waals surface area contributed by atoms with Crippen molar-refractivity contribution in [1.29, 1.82) is 0 Å². The van der Waals surface area contributed by atoms with Gasteiger partial charge < -0.3 is 0 Å². The first-order valence-electron chi connectivity index (χ1n) is 15.5. The van der Waals surface area contributed by atoms with Crippen LogP contribution in [0, 0.1) is 0 Å². The molecule has 5 aromatic carbocycles. The molecule has 0 atom stereocenters. The SMILES string of the molecule is CC(C)(C)c1ccc(S(OS(=O)(=O)c2cccc3ccccc23)(c2ccc(C(C)(C)C)cc2)c2ccc(C(C)(C)C)cc2)cc1. The second kappa shape index (κ2) is 11.8. The van der Waals surface area contributed by atoms with Crippen LogP contribution in [-0.2, 0) is 30.0 Å². The fourth-order valence-electron chi connectivity index (χ4n) is 5.55. The molecule has 0 aliphatic carbocycles. The van der Waals surface area contributed by atoms with Crippen molar-refractivity contribution in [3.05, 3.63) is 132 Å². The maximum absolute atomic E-state index is 14.7. The van der Waals surface area contributed by atoms with Crippen LogP contribution in [0.2, 0.25) is 0 Å². The predicted octanol–water partition coefficient (Wildman–Crippen LogP) is 11.3. The summed E-state index contributed by atoms with van der Waals surface area (Å²) < 4.78 is 36.1. The van der Waals surface area contributed by atoms with Crippen LogP contribution in [0.5, 0.6) is 0 Å². The number of benzene rings is 5. The Morgan fingerprint density at radius 2 is 0.800 bits per heavy atom. The van der Waals surface area contributed by atoms with Gasteiger partial charge in [0.2, 0.25) is 0 Å². The number of fused-ring (bicyclic) bond motifs is 1. The van der Waals surface area contributed by atoms with Gasteiger partial charge in [-0.2, -0.15) is 8.42 Å². The lowest BCUT2D eigenvalue weighted by Crippen LogP contribution is -2.17. The van der Waals surface area contributed by atoms with Crippen molar-refractivity contribution in [1.82, 2.24) is 0 Å². The fourth-order valence-corrected chi connectivity index (χ4v) is 10.9. The highest BCUT2D eigenvalue weighted by Crippen LogP contribution is 2.70. The molecule has 0 saturated heterocycles. The molecule has 45 heavy (non-hydrogen) atoms. The molecule has 0 spiro atoms. The Balaban J connectivity index is 1.83. The smallest absolute Gasteiger partial charge is 0.203 e. The summed E-state index contributed by atoms with van der Waals surface area (Å²) in [6.07, 6.45) is 0.